The summed E-state index contributed by atoms with van der Waals surface area (Å²) in [7, 11) is 3.72. The number of anilines is 1. The highest BCUT2D eigenvalue weighted by molar-refractivity contribution is 7.71. The number of hydrogen-bond donors (Lipinski definition) is 2. The van der Waals surface area contributed by atoms with Crippen molar-refractivity contribution in [3.05, 3.63) is 85.6 Å². The van der Waals surface area contributed by atoms with Gasteiger partial charge < -0.3 is 10.0 Å². The summed E-state index contributed by atoms with van der Waals surface area (Å²) in [6.07, 6.45) is -7.71. The van der Waals surface area contributed by atoms with Crippen molar-refractivity contribution in [3.8, 4) is 11.6 Å². The zero-order valence-corrected chi connectivity index (χ0v) is 18.9. The number of nitrogens with zero attached hydrogens (tertiary/aromatic N) is 2. The second-order valence-electron chi connectivity index (χ2n) is 7.54. The number of hydrogen-bond acceptors (Lipinski definition) is 4. The number of aromatic nitrogens is 2. The van der Waals surface area contributed by atoms with Crippen LogP contribution in [0.3, 0.4) is 0 Å². The molecule has 0 fully saturated rings. The lowest BCUT2D eigenvalue weighted by Gasteiger charge is -2.17. The first-order chi connectivity index (χ1) is 16.2. The van der Waals surface area contributed by atoms with E-state index in [1.54, 1.807) is 12.1 Å². The summed E-state index contributed by atoms with van der Waals surface area (Å²) in [5, 5.41) is 10.6. The van der Waals surface area contributed by atoms with Crippen LogP contribution in [0.15, 0.2) is 53.0 Å². The van der Waals surface area contributed by atoms with Crippen molar-refractivity contribution >= 4 is 30.1 Å². The Morgan fingerprint density at radius 2 is 1.51 bits per heavy atom. The third-order valence-electron chi connectivity index (χ3n) is 4.84. The zero-order chi connectivity index (χ0) is 26.1. The van der Waals surface area contributed by atoms with E-state index in [9.17, 15) is 36.2 Å². The minimum absolute atomic E-state index is 0.0546. The molecule has 0 amide bonds. The molecule has 0 unspecified atom stereocenters. The number of nitrogens with one attached hydrogen (secondary N) is 1. The first kappa shape index (κ1) is 25.9. The Kier molecular flexibility index (Phi) is 7.00. The standard InChI is InChI=1S/C23H17F6N3O2S/c1-31(2)16-8-6-13(7-9-16)4-3-5-18-19(33)30-21(35)32(20(18)34)17-11-14(22(24,25)26)10-15(12-17)23(27,28)29/h4-12,34H,1-2H3,(H,30,33,35). The Hall–Kier alpha value is -3.76. The number of H-pyrrole nitrogens is 1. The maximum absolute atomic E-state index is 13.2. The molecule has 0 radical (unpaired) electrons. The molecular formula is C23H17F6N3O2S. The maximum atomic E-state index is 13.2. The van der Waals surface area contributed by atoms with Crippen LogP contribution in [0.4, 0.5) is 32.0 Å². The summed E-state index contributed by atoms with van der Waals surface area (Å²) >= 11 is 4.90. The molecule has 0 spiro atoms. The van der Waals surface area contributed by atoms with E-state index in [0.717, 1.165) is 11.8 Å². The summed E-state index contributed by atoms with van der Waals surface area (Å²) in [6, 6.07) is 7.88. The molecule has 0 atom stereocenters. The molecule has 3 aromatic rings. The molecular weight excluding hydrogens is 496 g/mol. The van der Waals surface area contributed by atoms with E-state index in [4.69, 9.17) is 12.2 Å². The lowest BCUT2D eigenvalue weighted by molar-refractivity contribution is -0.143. The van der Waals surface area contributed by atoms with Crippen LogP contribution >= 0.6 is 12.2 Å². The highest BCUT2D eigenvalue weighted by atomic mass is 32.1. The smallest absolute Gasteiger partial charge is 0.416 e. The number of benzene rings is 2. The lowest BCUT2D eigenvalue weighted by atomic mass is 10.1. The van der Waals surface area contributed by atoms with Gasteiger partial charge in [0.25, 0.3) is 5.56 Å². The number of aromatic amines is 1. The van der Waals surface area contributed by atoms with E-state index in [1.807, 2.05) is 31.1 Å². The van der Waals surface area contributed by atoms with Gasteiger partial charge >= 0.3 is 12.4 Å². The number of halogens is 6. The first-order valence-electron chi connectivity index (χ1n) is 9.76. The van der Waals surface area contributed by atoms with E-state index in [1.165, 1.54) is 6.08 Å². The number of aromatic hydroxyl groups is 1. The van der Waals surface area contributed by atoms with Crippen molar-refractivity contribution in [2.45, 2.75) is 12.4 Å². The Morgan fingerprint density at radius 1 is 0.971 bits per heavy atom. The summed E-state index contributed by atoms with van der Waals surface area (Å²) < 4.78 is 79.4. The van der Waals surface area contributed by atoms with E-state index < -0.39 is 50.9 Å². The number of rotatable bonds is 4. The Labute approximate surface area is 199 Å². The van der Waals surface area contributed by atoms with Crippen LogP contribution in [0.5, 0.6) is 5.88 Å². The van der Waals surface area contributed by atoms with Gasteiger partial charge in [-0.1, -0.05) is 12.1 Å². The van der Waals surface area contributed by atoms with Crippen LogP contribution in [-0.4, -0.2) is 28.8 Å². The summed E-state index contributed by atoms with van der Waals surface area (Å²) in [6.45, 7) is 0. The third kappa shape index (κ3) is 5.84. The van der Waals surface area contributed by atoms with Crippen LogP contribution in [0.2, 0.25) is 0 Å². The molecule has 0 aliphatic heterocycles. The van der Waals surface area contributed by atoms with Gasteiger partial charge in [0, 0.05) is 19.8 Å². The van der Waals surface area contributed by atoms with Gasteiger partial charge in [-0.15, -0.1) is 5.73 Å². The maximum Gasteiger partial charge on any atom is 0.416 e. The molecule has 0 saturated carbocycles. The predicted octanol–water partition coefficient (Wildman–Crippen LogP) is 6.03. The molecule has 0 aliphatic carbocycles. The van der Waals surface area contributed by atoms with Crippen molar-refractivity contribution < 1.29 is 31.4 Å². The normalized spacial score (nSPS) is 11.7. The van der Waals surface area contributed by atoms with Crippen LogP contribution in [-0.2, 0) is 12.4 Å². The fourth-order valence-corrected chi connectivity index (χ4v) is 3.35. The van der Waals surface area contributed by atoms with Crippen molar-refractivity contribution in [3.63, 3.8) is 0 Å². The van der Waals surface area contributed by atoms with Gasteiger partial charge in [-0.3, -0.25) is 14.3 Å². The SMILES string of the molecule is CN(C)c1ccc(C=C=Cc2c(O)n(-c3cc(C(F)(F)F)cc(C(F)(F)F)c3)c(=S)[nH]c2=O)cc1. The van der Waals surface area contributed by atoms with E-state index in [-0.39, 0.29) is 6.07 Å². The van der Waals surface area contributed by atoms with Crippen LogP contribution < -0.4 is 10.5 Å². The molecule has 0 bridgehead atoms. The summed E-state index contributed by atoms with van der Waals surface area (Å²) in [4.78, 5) is 16.3. The molecule has 5 nitrogen and oxygen atoms in total. The summed E-state index contributed by atoms with van der Waals surface area (Å²) in [5.74, 6) is -0.949. The largest absolute Gasteiger partial charge is 0.494 e. The first-order valence-corrected chi connectivity index (χ1v) is 10.2. The van der Waals surface area contributed by atoms with Gasteiger partial charge in [0.2, 0.25) is 5.88 Å². The minimum atomic E-state index is -5.11. The molecule has 184 valence electrons. The van der Waals surface area contributed by atoms with E-state index in [0.29, 0.717) is 22.3 Å². The van der Waals surface area contributed by atoms with Gasteiger partial charge in [0.05, 0.1) is 16.8 Å². The van der Waals surface area contributed by atoms with Crippen molar-refractivity contribution in [1.29, 1.82) is 0 Å². The molecule has 1 aromatic heterocycles. The predicted molar refractivity (Wildman–Crippen MR) is 122 cm³/mol. The molecule has 0 saturated heterocycles. The minimum Gasteiger partial charge on any atom is -0.494 e. The molecule has 35 heavy (non-hydrogen) atoms. The van der Waals surface area contributed by atoms with Crippen LogP contribution in [0.25, 0.3) is 17.8 Å². The highest BCUT2D eigenvalue weighted by Crippen LogP contribution is 2.37. The molecule has 0 aliphatic rings. The number of alkyl halides is 6. The third-order valence-corrected chi connectivity index (χ3v) is 5.12. The Morgan fingerprint density at radius 3 is 2.00 bits per heavy atom. The van der Waals surface area contributed by atoms with Gasteiger partial charge in [0.1, 0.15) is 5.56 Å². The Balaban J connectivity index is 2.15. The van der Waals surface area contributed by atoms with Gasteiger partial charge in [0.15, 0.2) is 4.77 Å². The lowest BCUT2D eigenvalue weighted by Crippen LogP contribution is -2.17. The average molecular weight is 513 g/mol. The topological polar surface area (TPSA) is 61.3 Å². The van der Waals surface area contributed by atoms with E-state index >= 15 is 0 Å². The second kappa shape index (κ2) is 9.47. The molecule has 2 N–H and O–H groups in total. The monoisotopic (exact) mass is 513 g/mol. The van der Waals surface area contributed by atoms with Crippen LogP contribution in [0, 0.1) is 4.77 Å². The Bertz CT molecular complexity index is 1400. The van der Waals surface area contributed by atoms with Crippen molar-refractivity contribution in [2.75, 3.05) is 19.0 Å². The molecule has 2 aromatic carbocycles. The molecule has 3 rings (SSSR count). The van der Waals surface area contributed by atoms with Gasteiger partial charge in [-0.2, -0.15) is 26.3 Å². The quantitative estimate of drug-likeness (QED) is 0.254. The van der Waals surface area contributed by atoms with Crippen LogP contribution in [0.1, 0.15) is 22.3 Å². The molecule has 1 heterocycles. The average Bonchev–Trinajstić information content (AvgIpc) is 2.74. The summed E-state index contributed by atoms with van der Waals surface area (Å²) in [5.41, 5.74) is -1.03. The van der Waals surface area contributed by atoms with Gasteiger partial charge in [-0.25, -0.2) is 0 Å². The van der Waals surface area contributed by atoms with Crippen molar-refractivity contribution in [2.24, 2.45) is 0 Å². The molecule has 12 heteroatoms. The zero-order valence-electron chi connectivity index (χ0n) is 18.1. The fourth-order valence-electron chi connectivity index (χ4n) is 3.07. The highest BCUT2D eigenvalue weighted by Gasteiger charge is 2.37. The van der Waals surface area contributed by atoms with Crippen molar-refractivity contribution in [1.82, 2.24) is 9.55 Å². The van der Waals surface area contributed by atoms with E-state index in [2.05, 4.69) is 10.7 Å². The fraction of sp³-hybridized carbons (Fsp3) is 0.174. The second-order valence-corrected chi connectivity index (χ2v) is 7.92. The van der Waals surface area contributed by atoms with Gasteiger partial charge in [-0.05, 0) is 60.3 Å².